The molecule has 0 aliphatic rings. The maximum atomic E-state index is 12.1. The van der Waals surface area contributed by atoms with Gasteiger partial charge in [-0.2, -0.15) is 0 Å². The number of hydrogen-bond donors (Lipinski definition) is 1. The third kappa shape index (κ3) is 6.19. The van der Waals surface area contributed by atoms with E-state index < -0.39 is 0 Å². The zero-order valence-electron chi connectivity index (χ0n) is 16.1. The molecule has 0 fully saturated rings. The second-order valence-corrected chi connectivity index (χ2v) is 6.31. The van der Waals surface area contributed by atoms with Crippen molar-refractivity contribution in [2.45, 2.75) is 40.3 Å². The topological polar surface area (TPSA) is 41.6 Å². The van der Waals surface area contributed by atoms with Crippen LogP contribution in [0.2, 0.25) is 0 Å². The van der Waals surface area contributed by atoms with E-state index in [2.05, 4.69) is 43.1 Å². The summed E-state index contributed by atoms with van der Waals surface area (Å²) in [6, 6.07) is 16.2. The molecule has 0 radical (unpaired) electrons. The van der Waals surface area contributed by atoms with Crippen molar-refractivity contribution in [2.24, 2.45) is 0 Å². The molecule has 0 aromatic heterocycles. The second-order valence-electron chi connectivity index (χ2n) is 6.31. The summed E-state index contributed by atoms with van der Waals surface area (Å²) in [7, 11) is 0. The van der Waals surface area contributed by atoms with Crippen LogP contribution in [0.25, 0.3) is 0 Å². The minimum absolute atomic E-state index is 0.0378. The molecule has 0 unspecified atom stereocenters. The molecule has 0 saturated carbocycles. The Kier molecular flexibility index (Phi) is 8.16. The number of nitrogens with one attached hydrogen (secondary N) is 1. The van der Waals surface area contributed by atoms with Gasteiger partial charge in [0.1, 0.15) is 5.75 Å². The molecule has 140 valence electrons. The lowest BCUT2D eigenvalue weighted by Crippen LogP contribution is -2.28. The van der Waals surface area contributed by atoms with Crippen LogP contribution >= 0.6 is 0 Å². The van der Waals surface area contributed by atoms with Crippen LogP contribution in [0.4, 0.5) is 0 Å². The van der Waals surface area contributed by atoms with E-state index in [4.69, 9.17) is 4.74 Å². The van der Waals surface area contributed by atoms with Crippen molar-refractivity contribution in [3.63, 3.8) is 0 Å². The van der Waals surface area contributed by atoms with Crippen molar-refractivity contribution in [3.05, 3.63) is 65.2 Å². The molecule has 0 aliphatic carbocycles. The molecule has 2 aromatic rings. The van der Waals surface area contributed by atoms with Crippen molar-refractivity contribution in [2.75, 3.05) is 19.7 Å². The average Bonchev–Trinajstić information content (AvgIpc) is 2.69. The van der Waals surface area contributed by atoms with Gasteiger partial charge < -0.3 is 10.1 Å². The van der Waals surface area contributed by atoms with Crippen LogP contribution in [0.3, 0.4) is 0 Å². The van der Waals surface area contributed by atoms with Gasteiger partial charge in [-0.1, -0.05) is 63.2 Å². The molecule has 0 heterocycles. The highest BCUT2D eigenvalue weighted by Crippen LogP contribution is 2.18. The highest BCUT2D eigenvalue weighted by molar-refractivity contribution is 5.77. The van der Waals surface area contributed by atoms with Crippen molar-refractivity contribution in [1.82, 2.24) is 10.2 Å². The van der Waals surface area contributed by atoms with E-state index in [0.717, 1.165) is 42.9 Å². The van der Waals surface area contributed by atoms with Crippen molar-refractivity contribution in [1.29, 1.82) is 0 Å². The largest absolute Gasteiger partial charge is 0.483 e. The Morgan fingerprint density at radius 1 is 1.00 bits per heavy atom. The van der Waals surface area contributed by atoms with Crippen LogP contribution in [0.15, 0.2) is 48.5 Å². The molecule has 2 aromatic carbocycles. The van der Waals surface area contributed by atoms with Gasteiger partial charge in [0.25, 0.3) is 5.91 Å². The highest BCUT2D eigenvalue weighted by atomic mass is 16.5. The molecular formula is C22H30N2O2. The summed E-state index contributed by atoms with van der Waals surface area (Å²) in [6.45, 7) is 9.98. The standard InChI is InChI=1S/C22H30N2O2/c1-4-20-12-7-8-13-21(20)26-17-22(25)23-15-18-10-9-11-19(14-18)16-24(5-2)6-3/h7-14H,4-6,15-17H2,1-3H3,(H,23,25). The quantitative estimate of drug-likeness (QED) is 0.706. The van der Waals surface area contributed by atoms with Gasteiger partial charge in [-0.3, -0.25) is 9.69 Å². The fourth-order valence-electron chi connectivity index (χ4n) is 2.88. The molecular weight excluding hydrogens is 324 g/mol. The van der Waals surface area contributed by atoms with Gasteiger partial charge in [0.2, 0.25) is 0 Å². The van der Waals surface area contributed by atoms with E-state index in [1.165, 1.54) is 5.56 Å². The Morgan fingerprint density at radius 3 is 2.46 bits per heavy atom. The number of carbonyl (C=O) groups is 1. The van der Waals surface area contributed by atoms with Crippen LogP contribution in [0, 0.1) is 0 Å². The molecule has 0 saturated heterocycles. The first-order valence-electron chi connectivity index (χ1n) is 9.43. The molecule has 4 nitrogen and oxygen atoms in total. The summed E-state index contributed by atoms with van der Waals surface area (Å²) in [4.78, 5) is 14.5. The number of para-hydroxylation sites is 1. The van der Waals surface area contributed by atoms with Crippen molar-refractivity contribution in [3.8, 4) is 5.75 Å². The Labute approximate surface area is 157 Å². The molecule has 0 bridgehead atoms. The number of benzene rings is 2. The lowest BCUT2D eigenvalue weighted by atomic mass is 10.1. The van der Waals surface area contributed by atoms with Gasteiger partial charge >= 0.3 is 0 Å². The molecule has 0 aliphatic heterocycles. The fourth-order valence-corrected chi connectivity index (χ4v) is 2.88. The predicted octanol–water partition coefficient (Wildman–Crippen LogP) is 3.79. The SMILES string of the molecule is CCc1ccccc1OCC(=O)NCc1cccc(CN(CC)CC)c1. The maximum Gasteiger partial charge on any atom is 0.258 e. The first kappa shape index (κ1) is 20.0. The third-order valence-electron chi connectivity index (χ3n) is 4.49. The van der Waals surface area contributed by atoms with Gasteiger partial charge in [-0.05, 0) is 42.3 Å². The van der Waals surface area contributed by atoms with Gasteiger partial charge in [-0.15, -0.1) is 0 Å². The number of nitrogens with zero attached hydrogens (tertiary/aromatic N) is 1. The number of aryl methyl sites for hydroxylation is 1. The third-order valence-corrected chi connectivity index (χ3v) is 4.49. The molecule has 2 rings (SSSR count). The number of amides is 1. The Hall–Kier alpha value is -2.33. The Bertz CT molecular complexity index is 696. The molecule has 1 amide bonds. The Balaban J connectivity index is 1.83. The van der Waals surface area contributed by atoms with Gasteiger partial charge in [0, 0.05) is 13.1 Å². The molecule has 0 spiro atoms. The number of rotatable bonds is 10. The highest BCUT2D eigenvalue weighted by Gasteiger charge is 2.07. The summed E-state index contributed by atoms with van der Waals surface area (Å²) in [6.07, 6.45) is 0.886. The van der Waals surface area contributed by atoms with Crippen LogP contribution in [-0.4, -0.2) is 30.5 Å². The van der Waals surface area contributed by atoms with E-state index in [-0.39, 0.29) is 12.5 Å². The van der Waals surface area contributed by atoms with Crippen LogP contribution in [0.1, 0.15) is 37.5 Å². The summed E-state index contributed by atoms with van der Waals surface area (Å²) in [5, 5.41) is 2.94. The Morgan fingerprint density at radius 2 is 1.73 bits per heavy atom. The lowest BCUT2D eigenvalue weighted by molar-refractivity contribution is -0.123. The summed E-state index contributed by atoms with van der Waals surface area (Å²) in [5.41, 5.74) is 3.50. The molecule has 0 atom stereocenters. The van der Waals surface area contributed by atoms with Gasteiger partial charge in [0.15, 0.2) is 6.61 Å². The summed E-state index contributed by atoms with van der Waals surface area (Å²) < 4.78 is 5.66. The van der Waals surface area contributed by atoms with Gasteiger partial charge in [0.05, 0.1) is 0 Å². The smallest absolute Gasteiger partial charge is 0.258 e. The van der Waals surface area contributed by atoms with Crippen molar-refractivity contribution >= 4 is 5.91 Å². The lowest BCUT2D eigenvalue weighted by Gasteiger charge is -2.18. The normalized spacial score (nSPS) is 10.8. The van der Waals surface area contributed by atoms with Crippen LogP contribution in [-0.2, 0) is 24.3 Å². The molecule has 1 N–H and O–H groups in total. The van der Waals surface area contributed by atoms with E-state index >= 15 is 0 Å². The van der Waals surface area contributed by atoms with Crippen LogP contribution in [0.5, 0.6) is 5.75 Å². The van der Waals surface area contributed by atoms with E-state index in [0.29, 0.717) is 6.54 Å². The fraction of sp³-hybridized carbons (Fsp3) is 0.409. The average molecular weight is 354 g/mol. The number of hydrogen-bond acceptors (Lipinski definition) is 3. The van der Waals surface area contributed by atoms with Crippen molar-refractivity contribution < 1.29 is 9.53 Å². The molecule has 26 heavy (non-hydrogen) atoms. The number of ether oxygens (including phenoxy) is 1. The summed E-state index contributed by atoms with van der Waals surface area (Å²) in [5.74, 6) is 0.677. The zero-order chi connectivity index (χ0) is 18.8. The predicted molar refractivity (Wildman–Crippen MR) is 106 cm³/mol. The zero-order valence-corrected chi connectivity index (χ0v) is 16.1. The minimum atomic E-state index is -0.106. The minimum Gasteiger partial charge on any atom is -0.483 e. The first-order chi connectivity index (χ1) is 12.7. The monoisotopic (exact) mass is 354 g/mol. The van der Waals surface area contributed by atoms with Crippen LogP contribution < -0.4 is 10.1 Å². The number of carbonyl (C=O) groups excluding carboxylic acids is 1. The van der Waals surface area contributed by atoms with Gasteiger partial charge in [-0.25, -0.2) is 0 Å². The van der Waals surface area contributed by atoms with E-state index in [1.54, 1.807) is 0 Å². The summed E-state index contributed by atoms with van der Waals surface area (Å²) >= 11 is 0. The maximum absolute atomic E-state index is 12.1. The second kappa shape index (κ2) is 10.6. The molecule has 4 heteroatoms. The van der Waals surface area contributed by atoms with E-state index in [9.17, 15) is 4.79 Å². The van der Waals surface area contributed by atoms with E-state index in [1.807, 2.05) is 36.4 Å². The first-order valence-corrected chi connectivity index (χ1v) is 9.43.